The third-order valence-corrected chi connectivity index (χ3v) is 9.46. The second-order valence-corrected chi connectivity index (χ2v) is 10.2. The van der Waals surface area contributed by atoms with Gasteiger partial charge in [-0.3, -0.25) is 0 Å². The van der Waals surface area contributed by atoms with Crippen molar-refractivity contribution in [1.82, 2.24) is 0 Å². The third kappa shape index (κ3) is 2.33. The maximum Gasteiger partial charge on any atom is 0.0836 e. The van der Waals surface area contributed by atoms with Gasteiger partial charge in [0.25, 0.3) is 0 Å². The van der Waals surface area contributed by atoms with Crippen molar-refractivity contribution in [3.63, 3.8) is 0 Å². The Kier molecular flexibility index (Phi) is 4.31. The van der Waals surface area contributed by atoms with Gasteiger partial charge in [0.2, 0.25) is 0 Å². The molecule has 4 rings (SSSR count). The summed E-state index contributed by atoms with van der Waals surface area (Å²) in [7, 11) is 0. The molecule has 4 N–H and O–H groups in total. The van der Waals surface area contributed by atoms with E-state index in [1.54, 1.807) is 0 Å². The maximum atomic E-state index is 11.1. The average Bonchev–Trinajstić information content (AvgIpc) is 2.91. The van der Waals surface area contributed by atoms with Gasteiger partial charge in [0.15, 0.2) is 0 Å². The first-order valence-electron chi connectivity index (χ1n) is 10.5. The van der Waals surface area contributed by atoms with Crippen molar-refractivity contribution in [2.24, 2.45) is 40.4 Å². The Morgan fingerprint density at radius 3 is 2.16 bits per heavy atom. The Morgan fingerprint density at radius 1 is 0.800 bits per heavy atom. The molecular formula is C21H36O4. The lowest BCUT2D eigenvalue weighted by Gasteiger charge is -2.64. The highest BCUT2D eigenvalue weighted by Crippen LogP contribution is 2.67. The van der Waals surface area contributed by atoms with Crippen LogP contribution in [0.3, 0.4) is 0 Å². The van der Waals surface area contributed by atoms with Gasteiger partial charge in [0.05, 0.1) is 24.4 Å². The van der Waals surface area contributed by atoms with Gasteiger partial charge < -0.3 is 20.4 Å². The summed E-state index contributed by atoms with van der Waals surface area (Å²) in [6.45, 7) is 6.91. The van der Waals surface area contributed by atoms with Crippen LogP contribution < -0.4 is 0 Å². The van der Waals surface area contributed by atoms with Crippen LogP contribution in [0.4, 0.5) is 0 Å². The molecule has 0 aromatic carbocycles. The monoisotopic (exact) mass is 352 g/mol. The molecule has 4 nitrogen and oxygen atoms in total. The van der Waals surface area contributed by atoms with Gasteiger partial charge in [-0.1, -0.05) is 27.2 Å². The van der Waals surface area contributed by atoms with Crippen LogP contribution in [0, 0.1) is 40.4 Å². The fourth-order valence-electron chi connectivity index (χ4n) is 8.07. The fraction of sp³-hybridized carbons (Fsp3) is 1.00. The normalized spacial score (nSPS) is 61.3. The number of aliphatic hydroxyl groups is 4. The molecule has 0 bridgehead atoms. The highest BCUT2D eigenvalue weighted by Gasteiger charge is 2.65. The fourth-order valence-corrected chi connectivity index (χ4v) is 8.07. The second-order valence-electron chi connectivity index (χ2n) is 10.2. The first kappa shape index (κ1) is 18.2. The Morgan fingerprint density at radius 2 is 1.48 bits per heavy atom. The van der Waals surface area contributed by atoms with E-state index >= 15 is 0 Å². The molecule has 0 aromatic heterocycles. The van der Waals surface area contributed by atoms with Gasteiger partial charge in [-0.05, 0) is 78.9 Å². The smallest absolute Gasteiger partial charge is 0.0836 e. The van der Waals surface area contributed by atoms with Crippen molar-refractivity contribution in [1.29, 1.82) is 0 Å². The van der Waals surface area contributed by atoms with E-state index in [1.807, 2.05) is 0 Å². The number of hydrogen-bond donors (Lipinski definition) is 4. The highest BCUT2D eigenvalue weighted by atomic mass is 16.3. The summed E-state index contributed by atoms with van der Waals surface area (Å²) in [6, 6.07) is 0. The highest BCUT2D eigenvalue weighted by molar-refractivity contribution is 5.14. The Labute approximate surface area is 151 Å². The van der Waals surface area contributed by atoms with Crippen LogP contribution in [-0.2, 0) is 0 Å². The van der Waals surface area contributed by atoms with Crippen LogP contribution in [-0.4, -0.2) is 44.8 Å². The molecule has 0 aromatic rings. The summed E-state index contributed by atoms with van der Waals surface area (Å²) in [5.41, 5.74) is 0.0974. The summed E-state index contributed by atoms with van der Waals surface area (Å²) in [4.78, 5) is 0. The van der Waals surface area contributed by atoms with Crippen molar-refractivity contribution < 1.29 is 20.4 Å². The SMILES string of the molecule is CCC1CCC2C3C(O)C(O)C4CC(O)C(O)CC4(C)C3CCC12C. The predicted octanol–water partition coefficient (Wildman–Crippen LogP) is 2.33. The summed E-state index contributed by atoms with van der Waals surface area (Å²) in [5.74, 6) is 1.56. The lowest BCUT2D eigenvalue weighted by atomic mass is 9.43. The zero-order valence-corrected chi connectivity index (χ0v) is 15.9. The zero-order valence-electron chi connectivity index (χ0n) is 15.9. The van der Waals surface area contributed by atoms with Crippen molar-refractivity contribution in [3.8, 4) is 0 Å². The lowest BCUT2D eigenvalue weighted by Crippen LogP contribution is -2.65. The summed E-state index contributed by atoms with van der Waals surface area (Å²) in [5, 5.41) is 42.6. The third-order valence-electron chi connectivity index (χ3n) is 9.46. The molecule has 0 saturated heterocycles. The van der Waals surface area contributed by atoms with E-state index in [0.29, 0.717) is 24.7 Å². The van der Waals surface area contributed by atoms with E-state index in [4.69, 9.17) is 0 Å². The molecule has 4 saturated carbocycles. The van der Waals surface area contributed by atoms with Crippen molar-refractivity contribution in [2.45, 2.75) is 90.1 Å². The largest absolute Gasteiger partial charge is 0.390 e. The van der Waals surface area contributed by atoms with E-state index in [1.165, 1.54) is 19.3 Å². The number of hydrogen-bond acceptors (Lipinski definition) is 4. The van der Waals surface area contributed by atoms with E-state index in [0.717, 1.165) is 18.8 Å². The molecule has 4 heteroatoms. The second kappa shape index (κ2) is 5.92. The van der Waals surface area contributed by atoms with Gasteiger partial charge >= 0.3 is 0 Å². The summed E-state index contributed by atoms with van der Waals surface area (Å²) in [6.07, 6.45) is 3.87. The standard InChI is InChI=1S/C21H36O4/c1-4-11-5-6-12-17-13(7-8-20(11,12)2)21(3)10-16(23)15(22)9-14(21)18(24)19(17)25/h11-19,22-25H,4-10H2,1-3H3. The molecule has 0 heterocycles. The Hall–Kier alpha value is -0.160. The molecular weight excluding hydrogens is 316 g/mol. The maximum absolute atomic E-state index is 11.1. The van der Waals surface area contributed by atoms with Crippen LogP contribution in [0.15, 0.2) is 0 Å². The van der Waals surface area contributed by atoms with Crippen molar-refractivity contribution in [3.05, 3.63) is 0 Å². The molecule has 4 aliphatic rings. The van der Waals surface area contributed by atoms with Crippen LogP contribution in [0.25, 0.3) is 0 Å². The first-order chi connectivity index (χ1) is 11.7. The van der Waals surface area contributed by atoms with Crippen LogP contribution >= 0.6 is 0 Å². The Bertz CT molecular complexity index is 524. The zero-order chi connectivity index (χ0) is 18.1. The van der Waals surface area contributed by atoms with Gasteiger partial charge in [0.1, 0.15) is 0 Å². The topological polar surface area (TPSA) is 80.9 Å². The molecule has 25 heavy (non-hydrogen) atoms. The van der Waals surface area contributed by atoms with E-state index < -0.39 is 24.4 Å². The molecule has 11 atom stereocenters. The summed E-state index contributed by atoms with van der Waals surface area (Å²) < 4.78 is 0. The van der Waals surface area contributed by atoms with Crippen LogP contribution in [0.2, 0.25) is 0 Å². The van der Waals surface area contributed by atoms with Crippen LogP contribution in [0.5, 0.6) is 0 Å². The molecule has 0 spiro atoms. The van der Waals surface area contributed by atoms with Gasteiger partial charge in [0, 0.05) is 0 Å². The number of fused-ring (bicyclic) bond motifs is 5. The summed E-state index contributed by atoms with van der Waals surface area (Å²) >= 11 is 0. The predicted molar refractivity (Wildman–Crippen MR) is 95.7 cm³/mol. The van der Waals surface area contributed by atoms with Crippen molar-refractivity contribution in [2.75, 3.05) is 0 Å². The van der Waals surface area contributed by atoms with E-state index in [2.05, 4.69) is 20.8 Å². The van der Waals surface area contributed by atoms with Gasteiger partial charge in [-0.15, -0.1) is 0 Å². The molecule has 144 valence electrons. The van der Waals surface area contributed by atoms with E-state index in [9.17, 15) is 20.4 Å². The minimum atomic E-state index is -0.781. The van der Waals surface area contributed by atoms with Crippen molar-refractivity contribution >= 4 is 0 Å². The Balaban J connectivity index is 1.71. The molecule has 0 aliphatic heterocycles. The average molecular weight is 353 g/mol. The lowest BCUT2D eigenvalue weighted by molar-refractivity contribution is -0.236. The number of aliphatic hydroxyl groups excluding tert-OH is 4. The molecule has 4 aliphatic carbocycles. The quantitative estimate of drug-likeness (QED) is 0.584. The molecule has 0 radical (unpaired) electrons. The van der Waals surface area contributed by atoms with E-state index in [-0.39, 0.29) is 22.7 Å². The molecule has 11 unspecified atom stereocenters. The molecule has 0 amide bonds. The van der Waals surface area contributed by atoms with Gasteiger partial charge in [-0.25, -0.2) is 0 Å². The number of rotatable bonds is 1. The minimum Gasteiger partial charge on any atom is -0.390 e. The van der Waals surface area contributed by atoms with Crippen LogP contribution in [0.1, 0.15) is 65.7 Å². The molecule has 4 fully saturated rings. The van der Waals surface area contributed by atoms with Gasteiger partial charge in [-0.2, -0.15) is 0 Å². The minimum absolute atomic E-state index is 0.116. The first-order valence-corrected chi connectivity index (χ1v) is 10.5.